The molecule has 0 radical (unpaired) electrons. The Kier molecular flexibility index (Phi) is 9.05. The molecule has 6 rings (SSSR count). The van der Waals surface area contributed by atoms with Crippen LogP contribution < -0.4 is 25.2 Å². The Morgan fingerprint density at radius 3 is 2.60 bits per heavy atom. The van der Waals surface area contributed by atoms with Crippen molar-refractivity contribution in [3.63, 3.8) is 0 Å². The SMILES string of the molecule is CN(NS(C)(=O)=O)c1nc(N)nc2c1ncn2[C@]1(C)COC(COP(=O)(NC2(C(=O)OC3CCC3)CC2)Oc2ccc(Br)cc2)[C@H]1O. The monoisotopic (exact) mass is 758 g/mol. The third-order valence-electron chi connectivity index (χ3n) is 8.41. The smallest absolute Gasteiger partial charge is 0.459 e. The molecule has 20 heteroatoms. The van der Waals surface area contributed by atoms with E-state index in [-0.39, 0.29) is 48.0 Å². The van der Waals surface area contributed by atoms with Gasteiger partial charge in [0.1, 0.15) is 29.6 Å². The summed E-state index contributed by atoms with van der Waals surface area (Å²) in [6.45, 7) is 1.30. The van der Waals surface area contributed by atoms with Crippen LogP contribution in [-0.4, -0.2) is 89.4 Å². The van der Waals surface area contributed by atoms with Gasteiger partial charge in [0.2, 0.25) is 16.0 Å². The highest BCUT2D eigenvalue weighted by atomic mass is 79.9. The molecule has 1 aliphatic heterocycles. The van der Waals surface area contributed by atoms with Crippen molar-refractivity contribution >= 4 is 62.6 Å². The quantitative estimate of drug-likeness (QED) is 0.111. The molecule has 0 amide bonds. The van der Waals surface area contributed by atoms with Gasteiger partial charge in [-0.3, -0.25) is 14.3 Å². The average Bonchev–Trinajstić information content (AvgIpc) is 3.52. The molecule has 17 nitrogen and oxygen atoms in total. The molecule has 0 spiro atoms. The molecule has 3 aliphatic rings. The van der Waals surface area contributed by atoms with Crippen molar-refractivity contribution in [1.82, 2.24) is 29.4 Å². The fraction of sp³-hybridized carbons (Fsp3) is 0.556. The predicted molar refractivity (Wildman–Crippen MR) is 173 cm³/mol. The maximum Gasteiger partial charge on any atom is 0.459 e. The summed E-state index contributed by atoms with van der Waals surface area (Å²) in [5.41, 5.74) is 4.02. The van der Waals surface area contributed by atoms with E-state index in [9.17, 15) is 22.9 Å². The molecule has 47 heavy (non-hydrogen) atoms. The number of aliphatic hydroxyl groups excluding tert-OH is 1. The van der Waals surface area contributed by atoms with Crippen LogP contribution in [0.15, 0.2) is 35.1 Å². The minimum Gasteiger partial charge on any atom is -0.461 e. The highest BCUT2D eigenvalue weighted by Crippen LogP contribution is 2.53. The number of hydrogen-bond acceptors (Lipinski definition) is 14. The molecule has 256 valence electrons. The van der Waals surface area contributed by atoms with Gasteiger partial charge in [0.05, 0.1) is 31.3 Å². The Balaban J connectivity index is 1.22. The fourth-order valence-corrected chi connectivity index (χ4v) is 7.99. The second-order valence-electron chi connectivity index (χ2n) is 12.3. The van der Waals surface area contributed by atoms with E-state index in [2.05, 4.69) is 40.8 Å². The first-order valence-electron chi connectivity index (χ1n) is 14.8. The van der Waals surface area contributed by atoms with Crippen LogP contribution in [0.4, 0.5) is 11.8 Å². The van der Waals surface area contributed by atoms with Gasteiger partial charge < -0.3 is 29.4 Å². The minimum atomic E-state index is -4.24. The van der Waals surface area contributed by atoms with Crippen molar-refractivity contribution in [3.8, 4) is 5.75 Å². The maximum atomic E-state index is 14.3. The van der Waals surface area contributed by atoms with Crippen LogP contribution >= 0.6 is 23.7 Å². The molecule has 2 saturated carbocycles. The number of nitrogens with two attached hydrogens (primary N) is 1. The number of hydrogen-bond donors (Lipinski definition) is 4. The third-order valence-corrected chi connectivity index (χ3v) is 11.2. The van der Waals surface area contributed by atoms with Gasteiger partial charge in [0.25, 0.3) is 0 Å². The number of aliphatic hydroxyl groups is 1. The number of hydrazine groups is 1. The first-order valence-corrected chi connectivity index (χ1v) is 19.0. The number of sulfonamides is 1. The number of imidazole rings is 1. The zero-order valence-electron chi connectivity index (χ0n) is 25.8. The molecule has 1 saturated heterocycles. The maximum absolute atomic E-state index is 14.3. The van der Waals surface area contributed by atoms with E-state index < -0.39 is 47.0 Å². The van der Waals surface area contributed by atoms with Crippen LogP contribution in [0.25, 0.3) is 11.2 Å². The Morgan fingerprint density at radius 1 is 1.28 bits per heavy atom. The number of nitrogens with zero attached hydrogens (tertiary/aromatic N) is 5. The lowest BCUT2D eigenvalue weighted by Gasteiger charge is -2.31. The number of esters is 1. The number of aromatic nitrogens is 4. The van der Waals surface area contributed by atoms with Crippen LogP contribution in [0.3, 0.4) is 0 Å². The van der Waals surface area contributed by atoms with E-state index in [4.69, 9.17) is 24.3 Å². The second-order valence-corrected chi connectivity index (χ2v) is 16.6. The fourth-order valence-electron chi connectivity index (χ4n) is 5.39. The standard InChI is InChI=1S/C27H36BrN8O9PS/c1-26(36-15-30-20-22(31-25(29)32-23(20)36)35(2)34-47(3,40)41)14-42-19(21(26)37)13-43-46(39,45-18-9-7-16(28)8-10-18)33-27(11-12-27)24(38)44-17-5-4-6-17/h7-10,15,17,19,21,34,37H,4-6,11-14H2,1-3H3,(H,33,39)(H2,29,31,32)/t19?,21-,26-,46?/m1/s1. The number of rotatable bonds is 13. The Labute approximate surface area is 279 Å². The van der Waals surface area contributed by atoms with Crippen LogP contribution in [0, 0.1) is 0 Å². The molecule has 3 heterocycles. The molecule has 0 bridgehead atoms. The van der Waals surface area contributed by atoms with Crippen LogP contribution in [0.5, 0.6) is 5.75 Å². The molecule has 2 unspecified atom stereocenters. The molecule has 2 aliphatic carbocycles. The van der Waals surface area contributed by atoms with Crippen molar-refractivity contribution in [2.24, 2.45) is 0 Å². The first-order chi connectivity index (χ1) is 22.1. The molecule has 5 N–H and O–H groups in total. The molecule has 1 aromatic carbocycles. The number of ether oxygens (including phenoxy) is 2. The highest BCUT2D eigenvalue weighted by Gasteiger charge is 2.58. The lowest BCUT2D eigenvalue weighted by Crippen LogP contribution is -2.45. The number of halogens is 1. The summed E-state index contributed by atoms with van der Waals surface area (Å²) in [5, 5.41) is 15.5. The van der Waals surface area contributed by atoms with Crippen LogP contribution in [0.2, 0.25) is 0 Å². The van der Waals surface area contributed by atoms with Gasteiger partial charge in [-0.1, -0.05) is 15.9 Å². The molecular weight excluding hydrogens is 723 g/mol. The van der Waals surface area contributed by atoms with Gasteiger partial charge in [-0.05, 0) is 63.3 Å². The van der Waals surface area contributed by atoms with Crippen molar-refractivity contribution in [2.75, 3.05) is 37.3 Å². The van der Waals surface area contributed by atoms with Gasteiger partial charge in [-0.25, -0.2) is 18.0 Å². The zero-order valence-corrected chi connectivity index (χ0v) is 29.1. The van der Waals surface area contributed by atoms with E-state index in [1.54, 1.807) is 35.8 Å². The summed E-state index contributed by atoms with van der Waals surface area (Å²) in [4.78, 5) is 28.2. The Morgan fingerprint density at radius 2 is 1.98 bits per heavy atom. The number of benzene rings is 1. The van der Waals surface area contributed by atoms with E-state index in [1.165, 1.54) is 13.4 Å². The predicted octanol–water partition coefficient (Wildman–Crippen LogP) is 1.97. The minimum absolute atomic E-state index is 0.0345. The summed E-state index contributed by atoms with van der Waals surface area (Å²) in [7, 11) is -6.45. The lowest BCUT2D eigenvalue weighted by molar-refractivity contribution is -0.156. The van der Waals surface area contributed by atoms with E-state index in [1.807, 2.05) is 0 Å². The number of carbonyl (C=O) groups excluding carboxylic acids is 1. The van der Waals surface area contributed by atoms with Crippen molar-refractivity contribution in [2.45, 2.75) is 68.4 Å². The summed E-state index contributed by atoms with van der Waals surface area (Å²) in [6, 6.07) is 6.61. The largest absolute Gasteiger partial charge is 0.461 e. The van der Waals surface area contributed by atoms with Crippen molar-refractivity contribution in [1.29, 1.82) is 0 Å². The van der Waals surface area contributed by atoms with Crippen molar-refractivity contribution < 1.29 is 41.4 Å². The lowest BCUT2D eigenvalue weighted by atomic mass is 9.94. The molecule has 2 aromatic heterocycles. The van der Waals surface area contributed by atoms with Crippen LogP contribution in [-0.2, 0) is 38.9 Å². The van der Waals surface area contributed by atoms with Gasteiger partial charge in [0.15, 0.2) is 17.0 Å². The number of nitrogens with one attached hydrogen (secondary N) is 2. The number of carbonyl (C=O) groups is 1. The summed E-state index contributed by atoms with van der Waals surface area (Å²) >= 11 is 3.36. The molecule has 3 fully saturated rings. The normalized spacial score (nSPS) is 25.2. The van der Waals surface area contributed by atoms with Gasteiger partial charge in [-0.2, -0.15) is 15.1 Å². The topological polar surface area (TPSA) is 222 Å². The average molecular weight is 760 g/mol. The van der Waals surface area contributed by atoms with E-state index in [0.29, 0.717) is 12.8 Å². The summed E-state index contributed by atoms with van der Waals surface area (Å²) in [5.74, 6) is -0.330. The summed E-state index contributed by atoms with van der Waals surface area (Å²) in [6.07, 6.45) is 3.38. The van der Waals surface area contributed by atoms with E-state index >= 15 is 0 Å². The van der Waals surface area contributed by atoms with Crippen LogP contribution in [0.1, 0.15) is 39.0 Å². The highest BCUT2D eigenvalue weighted by molar-refractivity contribution is 9.10. The number of nitrogen functional groups attached to an aromatic ring is 1. The molecular formula is C27H36BrN8O9PS. The van der Waals surface area contributed by atoms with Gasteiger partial charge in [-0.15, -0.1) is 4.83 Å². The van der Waals surface area contributed by atoms with Gasteiger partial charge >= 0.3 is 13.7 Å². The number of fused-ring (bicyclic) bond motifs is 1. The first kappa shape index (κ1) is 34.0. The molecule has 3 aromatic rings. The Hall–Kier alpha value is -2.90. The number of anilines is 2. The summed E-state index contributed by atoms with van der Waals surface area (Å²) < 4.78 is 63.5. The van der Waals surface area contributed by atoms with Crippen molar-refractivity contribution in [3.05, 3.63) is 35.1 Å². The second kappa shape index (κ2) is 12.5. The van der Waals surface area contributed by atoms with Gasteiger partial charge in [0, 0.05) is 11.5 Å². The third kappa shape index (κ3) is 7.12. The molecule has 4 atom stereocenters. The van der Waals surface area contributed by atoms with E-state index in [0.717, 1.165) is 35.0 Å². The zero-order chi connectivity index (χ0) is 33.8. The Bertz CT molecular complexity index is 1820.